The van der Waals surface area contributed by atoms with Gasteiger partial charge in [-0.15, -0.1) is 0 Å². The molecular formula is C61H48N20. The maximum atomic E-state index is 5.91. The van der Waals surface area contributed by atoms with Crippen molar-refractivity contribution in [2.45, 2.75) is 5.41 Å². The molecule has 4 heterocycles. The number of anilines is 8. The number of nitrogen functional groups attached to an aromatic ring is 8. The van der Waals surface area contributed by atoms with E-state index in [0.29, 0.717) is 23.3 Å². The Morgan fingerprint density at radius 1 is 0.160 bits per heavy atom. The highest BCUT2D eigenvalue weighted by Crippen LogP contribution is 2.47. The van der Waals surface area contributed by atoms with Crippen molar-refractivity contribution < 1.29 is 0 Å². The van der Waals surface area contributed by atoms with Crippen LogP contribution in [0.25, 0.3) is 90.1 Å². The molecule has 0 aliphatic carbocycles. The van der Waals surface area contributed by atoms with Crippen molar-refractivity contribution in [3.63, 3.8) is 0 Å². The Balaban J connectivity index is 0.976. The van der Waals surface area contributed by atoms with Gasteiger partial charge in [0, 0.05) is 22.3 Å². The maximum Gasteiger partial charge on any atom is 0.225 e. The predicted molar refractivity (Wildman–Crippen MR) is 317 cm³/mol. The molecule has 0 saturated heterocycles. The molecule has 8 aromatic carbocycles. The van der Waals surface area contributed by atoms with Gasteiger partial charge >= 0.3 is 0 Å². The molecule has 0 saturated carbocycles. The van der Waals surface area contributed by atoms with Crippen LogP contribution in [0, 0.1) is 0 Å². The average molecular weight is 1060 g/mol. The largest absolute Gasteiger partial charge is 0.368 e. The molecule has 0 radical (unpaired) electrons. The zero-order chi connectivity index (χ0) is 55.8. The second-order valence-electron chi connectivity index (χ2n) is 18.9. The lowest BCUT2D eigenvalue weighted by atomic mass is 9.64. The van der Waals surface area contributed by atoms with Gasteiger partial charge in [-0.05, 0) is 66.8 Å². The van der Waals surface area contributed by atoms with E-state index in [2.05, 4.69) is 157 Å². The van der Waals surface area contributed by atoms with Crippen LogP contribution < -0.4 is 45.9 Å². The summed E-state index contributed by atoms with van der Waals surface area (Å²) in [6.07, 6.45) is 0. The summed E-state index contributed by atoms with van der Waals surface area (Å²) < 4.78 is 0. The van der Waals surface area contributed by atoms with Crippen LogP contribution in [0.3, 0.4) is 0 Å². The molecule has 0 spiro atoms. The van der Waals surface area contributed by atoms with E-state index in [0.717, 1.165) is 89.0 Å². The summed E-state index contributed by atoms with van der Waals surface area (Å²) in [5.41, 5.74) is 61.4. The molecule has 0 unspecified atom stereocenters. The van der Waals surface area contributed by atoms with Gasteiger partial charge in [0.05, 0.1) is 5.41 Å². The lowest BCUT2D eigenvalue weighted by Gasteiger charge is -2.37. The van der Waals surface area contributed by atoms with E-state index >= 15 is 0 Å². The first kappa shape index (κ1) is 50.0. The molecule has 4 aromatic heterocycles. The molecular weight excluding hydrogens is 1010 g/mol. The number of aromatic nitrogens is 12. The second kappa shape index (κ2) is 20.6. The minimum absolute atomic E-state index is 0.0517. The highest BCUT2D eigenvalue weighted by Gasteiger charge is 2.39. The fourth-order valence-corrected chi connectivity index (χ4v) is 10.1. The molecule has 81 heavy (non-hydrogen) atoms. The zero-order valence-electron chi connectivity index (χ0n) is 43.0. The summed E-state index contributed by atoms with van der Waals surface area (Å²) >= 11 is 0. The van der Waals surface area contributed by atoms with Crippen LogP contribution in [-0.2, 0) is 5.41 Å². The third-order valence-electron chi connectivity index (χ3n) is 13.9. The molecule has 0 atom stereocenters. The van der Waals surface area contributed by atoms with Gasteiger partial charge in [-0.25, -0.2) is 0 Å². The molecule has 20 heteroatoms. The SMILES string of the molecule is Nc1nc(N)nc(-c2ccc(-c3ccc(C(c4ccc(-c5ccc(-c6nc(N)nc(N)n6)cc5)cc4)(c4ccc(-c5ccc(-c6nc(N)nc(N)n6)cc5)cc4)c4ccc(-c5ccc(-c6nc(N)nc(N)n6)cc5)cc4)cc3)cc2)n1. The van der Waals surface area contributed by atoms with Crippen LogP contribution >= 0.6 is 0 Å². The van der Waals surface area contributed by atoms with E-state index in [4.69, 9.17) is 45.9 Å². The highest BCUT2D eigenvalue weighted by molar-refractivity contribution is 5.76. The molecule has 392 valence electrons. The van der Waals surface area contributed by atoms with Gasteiger partial charge in [-0.1, -0.05) is 194 Å². The van der Waals surface area contributed by atoms with Gasteiger partial charge in [0.25, 0.3) is 0 Å². The summed E-state index contributed by atoms with van der Waals surface area (Å²) in [5.74, 6) is 1.98. The third-order valence-corrected chi connectivity index (χ3v) is 13.9. The van der Waals surface area contributed by atoms with Gasteiger partial charge < -0.3 is 45.9 Å². The Kier molecular flexibility index (Phi) is 12.7. The highest BCUT2D eigenvalue weighted by atomic mass is 15.2. The molecule has 12 rings (SSSR count). The summed E-state index contributed by atoms with van der Waals surface area (Å²) in [7, 11) is 0. The fourth-order valence-electron chi connectivity index (χ4n) is 10.1. The number of nitrogens with zero attached hydrogens (tertiary/aromatic N) is 12. The van der Waals surface area contributed by atoms with E-state index in [9.17, 15) is 0 Å². The van der Waals surface area contributed by atoms with Crippen LogP contribution in [0.5, 0.6) is 0 Å². The van der Waals surface area contributed by atoms with Crippen LogP contribution in [0.1, 0.15) is 22.3 Å². The van der Waals surface area contributed by atoms with Crippen molar-refractivity contribution in [2.75, 3.05) is 45.9 Å². The van der Waals surface area contributed by atoms with Crippen molar-refractivity contribution in [2.24, 2.45) is 0 Å². The first-order chi connectivity index (χ1) is 39.3. The van der Waals surface area contributed by atoms with Crippen molar-refractivity contribution in [1.82, 2.24) is 59.8 Å². The standard InChI is InChI=1S/C61H48N20/c62-53-70-49(71-54(63)78-53)41-9-1-33(2-10-41)37-17-25-45(26-18-37)61(46-27-19-38(20-28-46)34-3-11-42(12-4-34)50-72-55(64)79-56(65)73-50,47-29-21-39(22-30-47)35-5-13-43(14-6-35)51-74-57(66)80-58(67)75-51)48-31-23-40(24-32-48)36-7-15-44(16-8-36)52-76-59(68)81-60(69)77-52/h1-32H,(H4,62,63,70,71,78)(H4,64,65,72,73,79)(H4,66,67,74,75,80)(H4,68,69,76,77,81). The molecule has 0 aliphatic rings. The number of rotatable bonds is 12. The third kappa shape index (κ3) is 10.1. The Hall–Kier alpha value is -11.8. The smallest absolute Gasteiger partial charge is 0.225 e. The molecule has 20 nitrogen and oxygen atoms in total. The van der Waals surface area contributed by atoms with E-state index in [-0.39, 0.29) is 47.6 Å². The Morgan fingerprint density at radius 3 is 0.432 bits per heavy atom. The quantitative estimate of drug-likeness (QED) is 0.0529. The maximum absolute atomic E-state index is 5.91. The number of hydrogen-bond acceptors (Lipinski definition) is 20. The number of nitrogens with two attached hydrogens (primary N) is 8. The average Bonchev–Trinajstić information content (AvgIpc) is 3.67. The van der Waals surface area contributed by atoms with Crippen LogP contribution in [0.15, 0.2) is 194 Å². The van der Waals surface area contributed by atoms with Gasteiger partial charge in [0.15, 0.2) is 23.3 Å². The molecule has 12 aromatic rings. The lowest BCUT2D eigenvalue weighted by Crippen LogP contribution is -2.31. The van der Waals surface area contributed by atoms with E-state index in [1.165, 1.54) is 0 Å². The van der Waals surface area contributed by atoms with Gasteiger partial charge in [-0.2, -0.15) is 59.8 Å². The predicted octanol–water partition coefficient (Wildman–Crippen LogP) is 8.80. The lowest BCUT2D eigenvalue weighted by molar-refractivity contribution is 0.745. The summed E-state index contributed by atoms with van der Waals surface area (Å²) in [4.78, 5) is 50.0. The second-order valence-corrected chi connectivity index (χ2v) is 18.9. The fraction of sp³-hybridized carbons (Fsp3) is 0.0164. The normalized spacial score (nSPS) is 11.4. The van der Waals surface area contributed by atoms with E-state index < -0.39 is 5.41 Å². The van der Waals surface area contributed by atoms with Crippen LogP contribution in [-0.4, -0.2) is 59.8 Å². The summed E-state index contributed by atoms with van der Waals surface area (Å²) in [6.45, 7) is 0. The molecule has 0 aliphatic heterocycles. The first-order valence-electron chi connectivity index (χ1n) is 25.2. The molecule has 0 fully saturated rings. The molecule has 0 bridgehead atoms. The topological polar surface area (TPSA) is 363 Å². The first-order valence-corrected chi connectivity index (χ1v) is 25.2. The Bertz CT molecular complexity index is 3620. The Morgan fingerprint density at radius 2 is 0.284 bits per heavy atom. The number of hydrogen-bond donors (Lipinski definition) is 8. The van der Waals surface area contributed by atoms with Crippen molar-refractivity contribution in [3.8, 4) is 90.1 Å². The van der Waals surface area contributed by atoms with Gasteiger partial charge in [0.2, 0.25) is 47.6 Å². The Labute approximate surface area is 463 Å². The van der Waals surface area contributed by atoms with E-state index in [1.807, 2.05) is 97.1 Å². The molecule has 16 N–H and O–H groups in total. The van der Waals surface area contributed by atoms with Crippen LogP contribution in [0.2, 0.25) is 0 Å². The summed E-state index contributed by atoms with van der Waals surface area (Å²) in [6, 6.07) is 66.5. The van der Waals surface area contributed by atoms with Crippen molar-refractivity contribution >= 4 is 47.6 Å². The van der Waals surface area contributed by atoms with Crippen molar-refractivity contribution in [3.05, 3.63) is 216 Å². The van der Waals surface area contributed by atoms with Crippen LogP contribution in [0.4, 0.5) is 47.6 Å². The zero-order valence-corrected chi connectivity index (χ0v) is 43.0. The van der Waals surface area contributed by atoms with Gasteiger partial charge in [0.1, 0.15) is 0 Å². The van der Waals surface area contributed by atoms with E-state index in [1.54, 1.807) is 0 Å². The van der Waals surface area contributed by atoms with Crippen molar-refractivity contribution in [1.29, 1.82) is 0 Å². The molecule has 0 amide bonds. The minimum Gasteiger partial charge on any atom is -0.368 e. The number of benzene rings is 8. The summed E-state index contributed by atoms with van der Waals surface area (Å²) in [5, 5.41) is 0. The monoisotopic (exact) mass is 1060 g/mol. The minimum atomic E-state index is -0.885. The van der Waals surface area contributed by atoms with Gasteiger partial charge in [-0.3, -0.25) is 0 Å².